The summed E-state index contributed by atoms with van der Waals surface area (Å²) in [5, 5.41) is 21.7. The summed E-state index contributed by atoms with van der Waals surface area (Å²) >= 11 is 1.41. The average molecular weight is 388 g/mol. The van der Waals surface area contributed by atoms with E-state index in [1.807, 2.05) is 35.4 Å². The van der Waals surface area contributed by atoms with Crippen molar-refractivity contribution >= 4 is 22.7 Å². The highest BCUT2D eigenvalue weighted by Gasteiger charge is 2.36. The van der Waals surface area contributed by atoms with Crippen molar-refractivity contribution in [3.8, 4) is 22.8 Å². The van der Waals surface area contributed by atoms with Crippen molar-refractivity contribution in [1.29, 1.82) is 5.41 Å². The van der Waals surface area contributed by atoms with Gasteiger partial charge in [0.2, 0.25) is 0 Å². The van der Waals surface area contributed by atoms with Crippen molar-refractivity contribution in [2.75, 3.05) is 20.8 Å². The molecular formula is C20H25N3O3S. The van der Waals surface area contributed by atoms with Gasteiger partial charge in [-0.05, 0) is 31.0 Å². The molecule has 0 bridgehead atoms. The molecule has 0 fully saturated rings. The Hall–Kier alpha value is -2.54. The number of rotatable bonds is 6. The molecule has 2 heterocycles. The van der Waals surface area contributed by atoms with Gasteiger partial charge in [0, 0.05) is 17.5 Å². The minimum absolute atomic E-state index is 0.208. The highest BCUT2D eigenvalue weighted by Crippen LogP contribution is 2.38. The third-order valence-electron chi connectivity index (χ3n) is 4.61. The van der Waals surface area contributed by atoms with E-state index >= 15 is 0 Å². The van der Waals surface area contributed by atoms with Crippen LogP contribution >= 0.6 is 11.3 Å². The van der Waals surface area contributed by atoms with Crippen LogP contribution in [0.5, 0.6) is 11.5 Å². The van der Waals surface area contributed by atoms with Gasteiger partial charge in [-0.3, -0.25) is 5.41 Å². The summed E-state index contributed by atoms with van der Waals surface area (Å²) in [7, 11) is 3.23. The zero-order chi connectivity index (χ0) is 19.7. The molecule has 0 amide bonds. The van der Waals surface area contributed by atoms with E-state index in [0.29, 0.717) is 33.8 Å². The van der Waals surface area contributed by atoms with Crippen LogP contribution in [-0.2, 0) is 0 Å². The van der Waals surface area contributed by atoms with E-state index in [9.17, 15) is 5.11 Å². The largest absolute Gasteiger partial charge is 0.509 e. The monoisotopic (exact) mass is 387 g/mol. The fraction of sp³-hybridized carbons (Fsp3) is 0.400. The molecule has 3 rings (SSSR count). The lowest BCUT2D eigenvalue weighted by Gasteiger charge is -2.25. The summed E-state index contributed by atoms with van der Waals surface area (Å²) in [6.07, 6.45) is 0. The fourth-order valence-electron chi connectivity index (χ4n) is 3.20. The zero-order valence-corrected chi connectivity index (χ0v) is 17.1. The quantitative estimate of drug-likeness (QED) is 0.766. The molecule has 2 aromatic rings. The smallest absolute Gasteiger partial charge is 0.135 e. The molecule has 7 heteroatoms. The number of benzene rings is 1. The van der Waals surface area contributed by atoms with Gasteiger partial charge in [-0.25, -0.2) is 4.98 Å². The summed E-state index contributed by atoms with van der Waals surface area (Å²) in [4.78, 5) is 6.61. The maximum absolute atomic E-state index is 10.6. The molecule has 1 atom stereocenters. The van der Waals surface area contributed by atoms with E-state index in [1.54, 1.807) is 14.2 Å². The summed E-state index contributed by atoms with van der Waals surface area (Å²) in [6.45, 7) is 6.84. The van der Waals surface area contributed by atoms with Crippen LogP contribution in [0.3, 0.4) is 0 Å². The van der Waals surface area contributed by atoms with E-state index in [1.165, 1.54) is 11.3 Å². The number of aliphatic hydroxyl groups excluding tert-OH is 1. The molecule has 144 valence electrons. The van der Waals surface area contributed by atoms with Gasteiger partial charge in [-0.1, -0.05) is 13.8 Å². The van der Waals surface area contributed by atoms with E-state index in [4.69, 9.17) is 19.9 Å². The third-order valence-corrected chi connectivity index (χ3v) is 5.47. The van der Waals surface area contributed by atoms with Crippen LogP contribution in [0, 0.1) is 11.3 Å². The number of hydrogen-bond acceptors (Lipinski definition) is 6. The van der Waals surface area contributed by atoms with Gasteiger partial charge >= 0.3 is 0 Å². The Balaban J connectivity index is 1.98. The van der Waals surface area contributed by atoms with Crippen LogP contribution in [0.25, 0.3) is 16.8 Å². The highest BCUT2D eigenvalue weighted by atomic mass is 32.1. The molecule has 0 saturated carbocycles. The molecule has 0 radical (unpaired) electrons. The van der Waals surface area contributed by atoms with Crippen LogP contribution in [0.15, 0.2) is 29.3 Å². The van der Waals surface area contributed by atoms with Crippen molar-refractivity contribution in [2.24, 2.45) is 5.92 Å². The molecule has 2 N–H and O–H groups in total. The van der Waals surface area contributed by atoms with Crippen LogP contribution in [0.2, 0.25) is 0 Å². The Morgan fingerprint density at radius 1 is 1.30 bits per heavy atom. The number of aromatic nitrogens is 1. The van der Waals surface area contributed by atoms with Crippen molar-refractivity contribution in [1.82, 2.24) is 9.88 Å². The second kappa shape index (κ2) is 7.60. The molecule has 1 aromatic carbocycles. The average Bonchev–Trinajstić information content (AvgIpc) is 3.20. The summed E-state index contributed by atoms with van der Waals surface area (Å²) in [6, 6.07) is 5.34. The van der Waals surface area contributed by atoms with E-state index < -0.39 is 0 Å². The Bertz CT molecular complexity index is 888. The molecular weight excluding hydrogens is 362 g/mol. The first-order valence-corrected chi connectivity index (χ1v) is 9.72. The molecule has 6 nitrogen and oxygen atoms in total. The van der Waals surface area contributed by atoms with Crippen molar-refractivity contribution < 1.29 is 14.6 Å². The maximum Gasteiger partial charge on any atom is 0.135 e. The molecule has 1 unspecified atom stereocenters. The fourth-order valence-corrected chi connectivity index (χ4v) is 4.07. The molecule has 0 spiro atoms. The standard InChI is InChI=1S/C20H25N3O3S/c1-11(2)9-23-12(3)18(24)17(19(23)21)20-22-15(10-27-20)14-8-13(25-4)6-7-16(14)26-5/h6-8,10-12,21,24H,9H2,1-5H3. The first-order chi connectivity index (χ1) is 12.9. The van der Waals surface area contributed by atoms with Crippen molar-refractivity contribution in [3.63, 3.8) is 0 Å². The number of amidine groups is 1. The Morgan fingerprint density at radius 3 is 2.67 bits per heavy atom. The Kier molecular flexibility index (Phi) is 5.41. The highest BCUT2D eigenvalue weighted by molar-refractivity contribution is 7.11. The Labute approximate surface area is 163 Å². The SMILES string of the molecule is COc1ccc(OC)c(-c2csc(C3=C(O)C(C)N(CC(C)C)C3=N)n2)c1. The summed E-state index contributed by atoms with van der Waals surface area (Å²) in [5.41, 5.74) is 2.06. The van der Waals surface area contributed by atoms with Crippen LogP contribution in [0.1, 0.15) is 25.8 Å². The lowest BCUT2D eigenvalue weighted by Crippen LogP contribution is -2.36. The first kappa shape index (κ1) is 19.2. The number of methoxy groups -OCH3 is 2. The number of thiazole rings is 1. The normalized spacial score (nSPS) is 17.2. The second-order valence-corrected chi connectivity index (χ2v) is 7.79. The van der Waals surface area contributed by atoms with Crippen molar-refractivity contribution in [3.05, 3.63) is 34.3 Å². The van der Waals surface area contributed by atoms with Gasteiger partial charge in [-0.15, -0.1) is 11.3 Å². The minimum Gasteiger partial charge on any atom is -0.509 e. The Morgan fingerprint density at radius 2 is 2.04 bits per heavy atom. The molecule has 1 aromatic heterocycles. The summed E-state index contributed by atoms with van der Waals surface area (Å²) in [5.74, 6) is 2.34. The minimum atomic E-state index is -0.214. The van der Waals surface area contributed by atoms with E-state index in [0.717, 1.165) is 17.8 Å². The van der Waals surface area contributed by atoms with Crippen LogP contribution in [-0.4, -0.2) is 47.6 Å². The molecule has 0 aliphatic carbocycles. The van der Waals surface area contributed by atoms with Gasteiger partial charge in [0.05, 0.1) is 31.5 Å². The van der Waals surface area contributed by atoms with Gasteiger partial charge in [-0.2, -0.15) is 0 Å². The number of nitrogens with zero attached hydrogens (tertiary/aromatic N) is 2. The predicted molar refractivity (Wildman–Crippen MR) is 109 cm³/mol. The van der Waals surface area contributed by atoms with Crippen molar-refractivity contribution in [2.45, 2.75) is 26.8 Å². The molecule has 0 saturated heterocycles. The van der Waals surface area contributed by atoms with Crippen LogP contribution in [0.4, 0.5) is 0 Å². The maximum atomic E-state index is 10.6. The first-order valence-electron chi connectivity index (χ1n) is 8.84. The zero-order valence-electron chi connectivity index (χ0n) is 16.2. The van der Waals surface area contributed by atoms with Gasteiger partial charge in [0.15, 0.2) is 0 Å². The van der Waals surface area contributed by atoms with Crippen LogP contribution < -0.4 is 9.47 Å². The number of aliphatic hydroxyl groups is 1. The molecule has 1 aliphatic heterocycles. The van der Waals surface area contributed by atoms with Gasteiger partial charge < -0.3 is 19.5 Å². The third kappa shape index (κ3) is 3.51. The number of hydrogen-bond donors (Lipinski definition) is 2. The summed E-state index contributed by atoms with van der Waals surface area (Å²) < 4.78 is 10.8. The lowest BCUT2D eigenvalue weighted by atomic mass is 10.1. The second-order valence-electron chi connectivity index (χ2n) is 6.94. The van der Waals surface area contributed by atoms with E-state index in [2.05, 4.69) is 13.8 Å². The number of nitrogens with one attached hydrogen (secondary N) is 1. The van der Waals surface area contributed by atoms with E-state index in [-0.39, 0.29) is 11.8 Å². The lowest BCUT2D eigenvalue weighted by molar-refractivity contribution is 0.267. The topological polar surface area (TPSA) is 78.7 Å². The van der Waals surface area contributed by atoms with Gasteiger partial charge in [0.25, 0.3) is 0 Å². The molecule has 1 aliphatic rings. The van der Waals surface area contributed by atoms with Gasteiger partial charge in [0.1, 0.15) is 28.1 Å². The predicted octanol–water partition coefficient (Wildman–Crippen LogP) is 4.43. The number of ether oxygens (including phenoxy) is 2. The molecule has 27 heavy (non-hydrogen) atoms.